The maximum Gasteiger partial charge on any atom is 0.270 e. The molecular formula is C25H27N7O4. The summed E-state index contributed by atoms with van der Waals surface area (Å²) >= 11 is 0. The minimum atomic E-state index is -0.524. The van der Waals surface area contributed by atoms with Gasteiger partial charge >= 0.3 is 0 Å². The fourth-order valence-electron chi connectivity index (χ4n) is 4.77. The van der Waals surface area contributed by atoms with Crippen molar-refractivity contribution in [1.82, 2.24) is 20.2 Å². The second-order valence-electron chi connectivity index (χ2n) is 9.00. The summed E-state index contributed by atoms with van der Waals surface area (Å²) in [6.07, 6.45) is 3.45. The molecule has 2 saturated heterocycles. The lowest BCUT2D eigenvalue weighted by molar-refractivity contribution is -0.384. The lowest BCUT2D eigenvalue weighted by Gasteiger charge is -2.28. The molecule has 2 aromatic heterocycles. The van der Waals surface area contributed by atoms with Gasteiger partial charge in [-0.25, -0.2) is 0 Å². The number of nitrogens with two attached hydrogens (primary N) is 1. The van der Waals surface area contributed by atoms with Crippen molar-refractivity contribution in [3.05, 3.63) is 63.8 Å². The molecule has 36 heavy (non-hydrogen) atoms. The maximum absolute atomic E-state index is 13.0. The number of nitrogens with zero attached hydrogens (tertiary/aromatic N) is 4. The SMILES string of the molecule is NC(=O)c1cc(-c2ccnc(-c3cc(C(=O)N4CCCC4)cc([N+](=O)[O-])c3)c2)[nH]c1N1CCNCC1. The highest BCUT2D eigenvalue weighted by molar-refractivity contribution is 6.00. The third kappa shape index (κ3) is 4.65. The lowest BCUT2D eigenvalue weighted by Crippen LogP contribution is -2.44. The zero-order chi connectivity index (χ0) is 25.2. The molecular weight excluding hydrogens is 462 g/mol. The third-order valence-corrected chi connectivity index (χ3v) is 6.63. The number of rotatable bonds is 6. The Labute approximate surface area is 207 Å². The van der Waals surface area contributed by atoms with Gasteiger partial charge in [-0.15, -0.1) is 0 Å². The van der Waals surface area contributed by atoms with Crippen LogP contribution in [0, 0.1) is 10.1 Å². The van der Waals surface area contributed by atoms with E-state index < -0.39 is 10.8 Å². The van der Waals surface area contributed by atoms with Crippen LogP contribution in [0.5, 0.6) is 0 Å². The van der Waals surface area contributed by atoms with Crippen LogP contribution in [0.1, 0.15) is 33.6 Å². The molecule has 0 saturated carbocycles. The number of hydrogen-bond donors (Lipinski definition) is 3. The van der Waals surface area contributed by atoms with Crippen LogP contribution in [0.2, 0.25) is 0 Å². The van der Waals surface area contributed by atoms with Gasteiger partial charge in [0.15, 0.2) is 0 Å². The first kappa shape index (κ1) is 23.5. The Morgan fingerprint density at radius 3 is 2.44 bits per heavy atom. The summed E-state index contributed by atoms with van der Waals surface area (Å²) in [6.45, 7) is 4.38. The molecule has 4 N–H and O–H groups in total. The predicted molar refractivity (Wildman–Crippen MR) is 135 cm³/mol. The van der Waals surface area contributed by atoms with Crippen molar-refractivity contribution in [3.8, 4) is 22.5 Å². The zero-order valence-corrected chi connectivity index (χ0v) is 19.7. The summed E-state index contributed by atoms with van der Waals surface area (Å²) in [6, 6.07) is 9.67. The normalized spacial score (nSPS) is 15.8. The number of carbonyl (C=O) groups is 2. The summed E-state index contributed by atoms with van der Waals surface area (Å²) in [7, 11) is 0. The lowest BCUT2D eigenvalue weighted by atomic mass is 10.0. The predicted octanol–water partition coefficient (Wildman–Crippen LogP) is 2.40. The molecule has 2 aliphatic heterocycles. The number of amides is 2. The number of aromatic nitrogens is 2. The number of H-pyrrole nitrogens is 1. The van der Waals surface area contributed by atoms with Gasteiger partial charge in [0, 0.05) is 80.0 Å². The van der Waals surface area contributed by atoms with Gasteiger partial charge in [0.05, 0.1) is 16.2 Å². The number of nitro benzene ring substituents is 1. The van der Waals surface area contributed by atoms with Crippen LogP contribution in [-0.2, 0) is 0 Å². The largest absolute Gasteiger partial charge is 0.365 e. The van der Waals surface area contributed by atoms with Crippen LogP contribution in [0.3, 0.4) is 0 Å². The second-order valence-corrected chi connectivity index (χ2v) is 9.00. The number of pyridine rings is 1. The topological polar surface area (TPSA) is 150 Å². The van der Waals surface area contributed by atoms with Crippen LogP contribution in [0.15, 0.2) is 42.6 Å². The van der Waals surface area contributed by atoms with Crippen molar-refractivity contribution >= 4 is 23.3 Å². The number of aromatic amines is 1. The van der Waals surface area contributed by atoms with Crippen molar-refractivity contribution in [2.24, 2.45) is 5.73 Å². The quantitative estimate of drug-likeness (QED) is 0.355. The highest BCUT2D eigenvalue weighted by Gasteiger charge is 2.24. The van der Waals surface area contributed by atoms with Crippen LogP contribution < -0.4 is 16.0 Å². The summed E-state index contributed by atoms with van der Waals surface area (Å²) in [5.41, 5.74) is 8.53. The van der Waals surface area contributed by atoms with Gasteiger partial charge in [-0.1, -0.05) is 0 Å². The molecule has 0 bridgehead atoms. The average Bonchev–Trinajstić information content (AvgIpc) is 3.59. The Balaban J connectivity index is 1.53. The van der Waals surface area contributed by atoms with E-state index in [-0.39, 0.29) is 17.2 Å². The maximum atomic E-state index is 13.0. The molecule has 0 atom stereocenters. The molecule has 11 heteroatoms. The van der Waals surface area contributed by atoms with E-state index in [2.05, 4.69) is 20.2 Å². The molecule has 2 fully saturated rings. The fraction of sp³-hybridized carbons (Fsp3) is 0.320. The van der Waals surface area contributed by atoms with Crippen molar-refractivity contribution in [3.63, 3.8) is 0 Å². The summed E-state index contributed by atoms with van der Waals surface area (Å²) < 4.78 is 0. The third-order valence-electron chi connectivity index (χ3n) is 6.63. The van der Waals surface area contributed by atoms with E-state index in [1.54, 1.807) is 35.4 Å². The van der Waals surface area contributed by atoms with Gasteiger partial charge in [-0.05, 0) is 37.1 Å². The van der Waals surface area contributed by atoms with Gasteiger partial charge in [0.2, 0.25) is 0 Å². The zero-order valence-electron chi connectivity index (χ0n) is 19.7. The van der Waals surface area contributed by atoms with E-state index in [1.165, 1.54) is 12.1 Å². The minimum Gasteiger partial charge on any atom is -0.365 e. The molecule has 11 nitrogen and oxygen atoms in total. The van der Waals surface area contributed by atoms with Gasteiger partial charge in [-0.2, -0.15) is 0 Å². The molecule has 0 unspecified atom stereocenters. The van der Waals surface area contributed by atoms with E-state index in [9.17, 15) is 19.7 Å². The highest BCUT2D eigenvalue weighted by atomic mass is 16.6. The van der Waals surface area contributed by atoms with E-state index >= 15 is 0 Å². The molecule has 0 aliphatic carbocycles. The van der Waals surface area contributed by atoms with Crippen LogP contribution in [-0.4, -0.2) is 70.9 Å². The van der Waals surface area contributed by atoms with Crippen LogP contribution in [0.25, 0.3) is 22.5 Å². The van der Waals surface area contributed by atoms with Gasteiger partial charge in [0.1, 0.15) is 5.82 Å². The second kappa shape index (κ2) is 9.78. The number of anilines is 1. The summed E-state index contributed by atoms with van der Waals surface area (Å²) in [4.78, 5) is 47.8. The number of hydrogen-bond acceptors (Lipinski definition) is 7. The highest BCUT2D eigenvalue weighted by Crippen LogP contribution is 2.31. The molecule has 5 rings (SSSR count). The number of likely N-dealkylation sites (tertiary alicyclic amines) is 1. The monoisotopic (exact) mass is 489 g/mol. The fourth-order valence-corrected chi connectivity index (χ4v) is 4.77. The molecule has 186 valence electrons. The molecule has 1 aromatic carbocycles. The molecule has 0 spiro atoms. The number of non-ortho nitro benzene ring substituents is 1. The molecule has 2 amide bonds. The van der Waals surface area contributed by atoms with E-state index in [1.807, 2.05) is 0 Å². The number of nitro groups is 1. The molecule has 4 heterocycles. The first-order valence-corrected chi connectivity index (χ1v) is 11.9. The first-order chi connectivity index (χ1) is 17.4. The van der Waals surface area contributed by atoms with E-state index in [0.717, 1.165) is 44.6 Å². The van der Waals surface area contributed by atoms with Gasteiger partial charge in [0.25, 0.3) is 17.5 Å². The van der Waals surface area contributed by atoms with Crippen LogP contribution in [0.4, 0.5) is 11.5 Å². The van der Waals surface area contributed by atoms with Gasteiger partial charge < -0.3 is 25.8 Å². The number of primary amides is 1. The van der Waals surface area contributed by atoms with Crippen molar-refractivity contribution in [2.45, 2.75) is 12.8 Å². The number of piperazine rings is 1. The van der Waals surface area contributed by atoms with Crippen molar-refractivity contribution in [1.29, 1.82) is 0 Å². The Bertz CT molecular complexity index is 1320. The molecule has 0 radical (unpaired) electrons. The summed E-state index contributed by atoms with van der Waals surface area (Å²) in [5, 5.41) is 14.9. The molecule has 2 aliphatic rings. The van der Waals surface area contributed by atoms with Gasteiger partial charge in [-0.3, -0.25) is 24.7 Å². The number of benzene rings is 1. The van der Waals surface area contributed by atoms with Crippen LogP contribution >= 0.6 is 0 Å². The first-order valence-electron chi connectivity index (χ1n) is 11.9. The summed E-state index contributed by atoms with van der Waals surface area (Å²) in [5.74, 6) is -0.0694. The minimum absolute atomic E-state index is 0.167. The Kier molecular flexibility index (Phi) is 6.38. The Morgan fingerprint density at radius 1 is 1.00 bits per heavy atom. The molecule has 3 aromatic rings. The van der Waals surface area contributed by atoms with E-state index in [0.29, 0.717) is 41.4 Å². The number of nitrogens with one attached hydrogen (secondary N) is 2. The Hall–Kier alpha value is -4.25. The van der Waals surface area contributed by atoms with E-state index in [4.69, 9.17) is 5.73 Å². The van der Waals surface area contributed by atoms with Crippen molar-refractivity contribution < 1.29 is 14.5 Å². The smallest absolute Gasteiger partial charge is 0.270 e. The van der Waals surface area contributed by atoms with Crippen molar-refractivity contribution in [2.75, 3.05) is 44.2 Å². The Morgan fingerprint density at radius 2 is 1.75 bits per heavy atom. The average molecular weight is 490 g/mol. The number of carbonyl (C=O) groups excluding carboxylic acids is 2. The standard InChI is InChI=1S/C25H27N7O4/c26-23(33)20-15-22(29-24(20)30-9-5-27-6-10-30)16-3-4-28-21(14-16)17-11-18(13-19(12-17)32(35)36)25(34)31-7-1-2-8-31/h3-4,11-15,27,29H,1-2,5-10H2,(H2,26,33).